The number of hydrogen-bond acceptors (Lipinski definition) is 2. The first kappa shape index (κ1) is 9.85. The van der Waals surface area contributed by atoms with Crippen molar-refractivity contribution in [1.29, 1.82) is 0 Å². The van der Waals surface area contributed by atoms with Crippen LogP contribution in [0.2, 0.25) is 0 Å². The van der Waals surface area contributed by atoms with Crippen molar-refractivity contribution in [2.24, 2.45) is 0 Å². The number of aryl methyl sites for hydroxylation is 1. The molecule has 0 amide bonds. The van der Waals surface area contributed by atoms with Gasteiger partial charge in [0.25, 0.3) is 0 Å². The first-order valence-corrected chi connectivity index (χ1v) is 5.98. The Kier molecular flexibility index (Phi) is 2.40. The fourth-order valence-electron chi connectivity index (χ4n) is 2.48. The Labute approximate surface area is 95.7 Å². The standard InChI is InChI=1S/C13H17N3/c1-11-14-9-13-8-12(4-7-16(11)13)10-15-5-2-3-6-15/h4,7-9H,2-3,5-6,10H2,1H3. The fourth-order valence-corrected chi connectivity index (χ4v) is 2.48. The monoisotopic (exact) mass is 215 g/mol. The van der Waals surface area contributed by atoms with Crippen molar-refractivity contribution in [3.63, 3.8) is 0 Å². The van der Waals surface area contributed by atoms with Crippen LogP contribution >= 0.6 is 0 Å². The SMILES string of the molecule is Cc1ncc2cc(CN3CCCC3)ccn12. The minimum absolute atomic E-state index is 1.06. The van der Waals surface area contributed by atoms with Gasteiger partial charge in [-0.15, -0.1) is 0 Å². The van der Waals surface area contributed by atoms with E-state index in [1.165, 1.54) is 37.0 Å². The van der Waals surface area contributed by atoms with Crippen LogP contribution in [0.3, 0.4) is 0 Å². The molecule has 3 heterocycles. The molecule has 1 aliphatic rings. The van der Waals surface area contributed by atoms with E-state index in [1.54, 1.807) is 0 Å². The second-order valence-corrected chi connectivity index (χ2v) is 4.62. The van der Waals surface area contributed by atoms with Crippen LogP contribution in [-0.4, -0.2) is 27.4 Å². The Morgan fingerprint density at radius 1 is 1.31 bits per heavy atom. The van der Waals surface area contributed by atoms with E-state index in [-0.39, 0.29) is 0 Å². The minimum Gasteiger partial charge on any atom is -0.304 e. The van der Waals surface area contributed by atoms with Crippen LogP contribution in [0, 0.1) is 6.92 Å². The summed E-state index contributed by atoms with van der Waals surface area (Å²) >= 11 is 0. The summed E-state index contributed by atoms with van der Waals surface area (Å²) in [6.45, 7) is 5.63. The maximum Gasteiger partial charge on any atom is 0.110 e. The van der Waals surface area contributed by atoms with Gasteiger partial charge in [-0.1, -0.05) is 0 Å². The summed E-state index contributed by atoms with van der Waals surface area (Å²) in [6.07, 6.45) is 6.79. The van der Waals surface area contributed by atoms with Crippen molar-refractivity contribution in [3.8, 4) is 0 Å². The summed E-state index contributed by atoms with van der Waals surface area (Å²) < 4.78 is 2.13. The summed E-state index contributed by atoms with van der Waals surface area (Å²) in [4.78, 5) is 6.84. The molecule has 0 N–H and O–H groups in total. The molecule has 0 radical (unpaired) electrons. The quantitative estimate of drug-likeness (QED) is 0.766. The zero-order chi connectivity index (χ0) is 11.0. The van der Waals surface area contributed by atoms with Crippen LogP contribution in [0.4, 0.5) is 0 Å². The maximum atomic E-state index is 4.32. The van der Waals surface area contributed by atoms with E-state index < -0.39 is 0 Å². The third-order valence-corrected chi connectivity index (χ3v) is 3.39. The van der Waals surface area contributed by atoms with Crippen molar-refractivity contribution in [3.05, 3.63) is 35.9 Å². The highest BCUT2D eigenvalue weighted by Gasteiger charge is 2.11. The number of hydrogen-bond donors (Lipinski definition) is 0. The van der Waals surface area contributed by atoms with Crippen LogP contribution in [0.5, 0.6) is 0 Å². The zero-order valence-electron chi connectivity index (χ0n) is 9.69. The highest BCUT2D eigenvalue weighted by Crippen LogP contribution is 2.15. The third kappa shape index (κ3) is 1.71. The van der Waals surface area contributed by atoms with Crippen molar-refractivity contribution in [1.82, 2.24) is 14.3 Å². The molecule has 1 fully saturated rings. The molecule has 0 spiro atoms. The smallest absolute Gasteiger partial charge is 0.110 e. The number of imidazole rings is 1. The van der Waals surface area contributed by atoms with E-state index in [0.717, 1.165) is 12.4 Å². The first-order valence-electron chi connectivity index (χ1n) is 5.98. The number of rotatable bonds is 2. The molecule has 0 aromatic carbocycles. The molecule has 16 heavy (non-hydrogen) atoms. The average Bonchev–Trinajstić information content (AvgIpc) is 2.90. The van der Waals surface area contributed by atoms with Crippen molar-refractivity contribution >= 4 is 5.52 Å². The Balaban J connectivity index is 1.87. The number of likely N-dealkylation sites (tertiary alicyclic amines) is 1. The van der Waals surface area contributed by atoms with Crippen LogP contribution in [0.1, 0.15) is 24.2 Å². The van der Waals surface area contributed by atoms with Crippen molar-refractivity contribution in [2.45, 2.75) is 26.3 Å². The largest absolute Gasteiger partial charge is 0.304 e. The van der Waals surface area contributed by atoms with Gasteiger partial charge in [0.1, 0.15) is 5.82 Å². The lowest BCUT2D eigenvalue weighted by Crippen LogP contribution is -2.18. The van der Waals surface area contributed by atoms with Crippen LogP contribution in [0.25, 0.3) is 5.52 Å². The van der Waals surface area contributed by atoms with E-state index in [1.807, 2.05) is 13.1 Å². The van der Waals surface area contributed by atoms with E-state index >= 15 is 0 Å². The lowest BCUT2D eigenvalue weighted by atomic mass is 10.2. The molecule has 0 saturated carbocycles. The Bertz CT molecular complexity index is 495. The molecule has 2 aromatic heterocycles. The van der Waals surface area contributed by atoms with Gasteiger partial charge in [-0.3, -0.25) is 4.90 Å². The van der Waals surface area contributed by atoms with E-state index in [9.17, 15) is 0 Å². The Hall–Kier alpha value is -1.35. The molecule has 0 atom stereocenters. The molecule has 3 nitrogen and oxygen atoms in total. The zero-order valence-corrected chi connectivity index (χ0v) is 9.69. The minimum atomic E-state index is 1.06. The summed E-state index contributed by atoms with van der Waals surface area (Å²) in [7, 11) is 0. The Morgan fingerprint density at radius 3 is 2.94 bits per heavy atom. The van der Waals surface area contributed by atoms with Gasteiger partial charge in [-0.2, -0.15) is 0 Å². The second-order valence-electron chi connectivity index (χ2n) is 4.62. The van der Waals surface area contributed by atoms with Gasteiger partial charge in [0, 0.05) is 12.7 Å². The predicted octanol–water partition coefficient (Wildman–Crippen LogP) is 2.24. The second kappa shape index (κ2) is 3.91. The first-order chi connectivity index (χ1) is 7.83. The lowest BCUT2D eigenvalue weighted by Gasteiger charge is -2.14. The summed E-state index contributed by atoms with van der Waals surface area (Å²) in [5, 5.41) is 0. The molecule has 1 saturated heterocycles. The Morgan fingerprint density at radius 2 is 2.12 bits per heavy atom. The predicted molar refractivity (Wildman–Crippen MR) is 64.4 cm³/mol. The van der Waals surface area contributed by atoms with E-state index in [2.05, 4.69) is 32.6 Å². The highest BCUT2D eigenvalue weighted by atomic mass is 15.1. The van der Waals surface area contributed by atoms with Gasteiger partial charge < -0.3 is 4.40 Å². The summed E-state index contributed by atoms with van der Waals surface area (Å²) in [5.74, 6) is 1.06. The average molecular weight is 215 g/mol. The molecule has 0 aliphatic carbocycles. The normalized spacial score (nSPS) is 17.3. The van der Waals surface area contributed by atoms with E-state index in [4.69, 9.17) is 0 Å². The highest BCUT2D eigenvalue weighted by molar-refractivity contribution is 5.48. The van der Waals surface area contributed by atoms with Gasteiger partial charge in [-0.05, 0) is 50.6 Å². The van der Waals surface area contributed by atoms with Gasteiger partial charge in [0.15, 0.2) is 0 Å². The molecular weight excluding hydrogens is 198 g/mol. The molecule has 2 aromatic rings. The third-order valence-electron chi connectivity index (χ3n) is 3.39. The maximum absolute atomic E-state index is 4.32. The topological polar surface area (TPSA) is 20.5 Å². The molecule has 0 bridgehead atoms. The van der Waals surface area contributed by atoms with Gasteiger partial charge in [-0.25, -0.2) is 4.98 Å². The fraction of sp³-hybridized carbons (Fsp3) is 0.462. The van der Waals surface area contributed by atoms with Gasteiger partial charge >= 0.3 is 0 Å². The lowest BCUT2D eigenvalue weighted by molar-refractivity contribution is 0.331. The van der Waals surface area contributed by atoms with Crippen LogP contribution in [0.15, 0.2) is 24.5 Å². The number of nitrogens with zero attached hydrogens (tertiary/aromatic N) is 3. The van der Waals surface area contributed by atoms with Crippen molar-refractivity contribution in [2.75, 3.05) is 13.1 Å². The number of fused-ring (bicyclic) bond motifs is 1. The van der Waals surface area contributed by atoms with Crippen molar-refractivity contribution < 1.29 is 0 Å². The molecular formula is C13H17N3. The summed E-state index contributed by atoms with van der Waals surface area (Å²) in [6, 6.07) is 4.46. The molecule has 3 heteroatoms. The number of pyridine rings is 1. The summed E-state index contributed by atoms with van der Waals surface area (Å²) in [5.41, 5.74) is 2.60. The van der Waals surface area contributed by atoms with E-state index in [0.29, 0.717) is 0 Å². The van der Waals surface area contributed by atoms with Crippen LogP contribution < -0.4 is 0 Å². The molecule has 1 aliphatic heterocycles. The van der Waals surface area contributed by atoms with Gasteiger partial charge in [0.2, 0.25) is 0 Å². The molecule has 3 rings (SSSR count). The molecule has 84 valence electrons. The number of aromatic nitrogens is 2. The molecule has 0 unspecified atom stereocenters. The van der Waals surface area contributed by atoms with Gasteiger partial charge in [0.05, 0.1) is 11.7 Å². The van der Waals surface area contributed by atoms with Crippen LogP contribution in [-0.2, 0) is 6.54 Å².